The first-order valence-electron chi connectivity index (χ1n) is 19.9. The average Bonchev–Trinajstić information content (AvgIpc) is 3.75. The van der Waals surface area contributed by atoms with E-state index in [0.29, 0.717) is 17.5 Å². The van der Waals surface area contributed by atoms with Crippen molar-refractivity contribution in [2.45, 2.75) is 19.3 Å². The Bertz CT molecular complexity index is 3120. The summed E-state index contributed by atoms with van der Waals surface area (Å²) in [5.41, 5.74) is 16.2. The van der Waals surface area contributed by atoms with E-state index >= 15 is 0 Å². The first-order valence-corrected chi connectivity index (χ1v) is 19.9. The molecule has 1 aliphatic rings. The van der Waals surface area contributed by atoms with E-state index in [2.05, 4.69) is 152 Å². The van der Waals surface area contributed by atoms with Gasteiger partial charge in [0.25, 0.3) is 0 Å². The summed E-state index contributed by atoms with van der Waals surface area (Å²) in [6.07, 6.45) is 0. The Labute approximate surface area is 337 Å². The van der Waals surface area contributed by atoms with Gasteiger partial charge in [-0.2, -0.15) is 0 Å². The van der Waals surface area contributed by atoms with Gasteiger partial charge in [-0.05, 0) is 80.9 Å². The Hall–Kier alpha value is -7.43. The molecule has 58 heavy (non-hydrogen) atoms. The van der Waals surface area contributed by atoms with Crippen molar-refractivity contribution < 1.29 is 0 Å². The van der Waals surface area contributed by atoms with Gasteiger partial charge in [-0.1, -0.05) is 172 Å². The van der Waals surface area contributed by atoms with Gasteiger partial charge in [0, 0.05) is 38.6 Å². The maximum atomic E-state index is 5.06. The largest absolute Gasteiger partial charge is 0.309 e. The van der Waals surface area contributed by atoms with E-state index in [1.54, 1.807) is 0 Å². The van der Waals surface area contributed by atoms with E-state index in [1.807, 2.05) is 60.7 Å². The van der Waals surface area contributed by atoms with Crippen LogP contribution in [0.4, 0.5) is 0 Å². The quantitative estimate of drug-likeness (QED) is 0.170. The minimum Gasteiger partial charge on any atom is -0.309 e. The van der Waals surface area contributed by atoms with Gasteiger partial charge in [0.2, 0.25) is 0 Å². The molecule has 8 aromatic carbocycles. The summed E-state index contributed by atoms with van der Waals surface area (Å²) in [4.78, 5) is 15.1. The summed E-state index contributed by atoms with van der Waals surface area (Å²) in [5, 5.41) is 2.42. The highest BCUT2D eigenvalue weighted by molar-refractivity contribution is 6.16. The fourth-order valence-corrected chi connectivity index (χ4v) is 8.99. The van der Waals surface area contributed by atoms with E-state index in [1.165, 1.54) is 49.7 Å². The third kappa shape index (κ3) is 5.48. The lowest BCUT2D eigenvalue weighted by molar-refractivity contribution is 0.660. The molecular formula is C54H38N4. The summed E-state index contributed by atoms with van der Waals surface area (Å²) >= 11 is 0. The van der Waals surface area contributed by atoms with E-state index in [0.717, 1.165) is 39.0 Å². The molecule has 0 amide bonds. The zero-order valence-electron chi connectivity index (χ0n) is 32.3. The first-order chi connectivity index (χ1) is 28.5. The number of aromatic nitrogens is 4. The Kier molecular flexibility index (Phi) is 7.80. The molecule has 11 rings (SSSR count). The lowest BCUT2D eigenvalue weighted by Gasteiger charge is -2.22. The van der Waals surface area contributed by atoms with Crippen molar-refractivity contribution in [3.05, 3.63) is 205 Å². The Balaban J connectivity index is 1.12. The Morgan fingerprint density at radius 3 is 1.62 bits per heavy atom. The predicted octanol–water partition coefficient (Wildman–Crippen LogP) is 13.6. The molecule has 4 nitrogen and oxygen atoms in total. The van der Waals surface area contributed by atoms with Crippen molar-refractivity contribution in [1.82, 2.24) is 19.5 Å². The smallest absolute Gasteiger partial charge is 0.164 e. The molecule has 274 valence electrons. The van der Waals surface area contributed by atoms with Crippen molar-refractivity contribution in [3.8, 4) is 73.2 Å². The molecule has 1 aliphatic carbocycles. The zero-order valence-corrected chi connectivity index (χ0v) is 32.3. The van der Waals surface area contributed by atoms with E-state index in [9.17, 15) is 0 Å². The monoisotopic (exact) mass is 742 g/mol. The number of hydrogen-bond donors (Lipinski definition) is 0. The summed E-state index contributed by atoms with van der Waals surface area (Å²) in [5.74, 6) is 1.93. The van der Waals surface area contributed by atoms with E-state index < -0.39 is 0 Å². The molecule has 2 heterocycles. The minimum atomic E-state index is -0.109. The Morgan fingerprint density at radius 1 is 0.362 bits per heavy atom. The molecule has 0 saturated heterocycles. The standard InChI is InChI=1S/C54H38N4/c1-54(2)46-26-13-12-24-43(46)44-30-29-41(34-47(44)54)58-48-31-28-38(35-16-6-3-7-17-35)33-45(48)50-42(25-15-27-49(50)58)39-22-14-23-40(32-39)53-56-51(36-18-8-4-9-19-36)55-52(57-53)37-20-10-5-11-21-37/h3-34H,1-2H3. The predicted molar refractivity (Wildman–Crippen MR) is 239 cm³/mol. The maximum Gasteiger partial charge on any atom is 0.164 e. The molecule has 0 radical (unpaired) electrons. The van der Waals surface area contributed by atoms with Crippen molar-refractivity contribution in [2.75, 3.05) is 0 Å². The summed E-state index contributed by atoms with van der Waals surface area (Å²) < 4.78 is 2.45. The van der Waals surface area contributed by atoms with E-state index in [4.69, 9.17) is 15.0 Å². The number of nitrogens with zero attached hydrogens (tertiary/aromatic N) is 4. The molecular weight excluding hydrogens is 705 g/mol. The van der Waals surface area contributed by atoms with Crippen LogP contribution in [0.25, 0.3) is 95.0 Å². The van der Waals surface area contributed by atoms with Gasteiger partial charge < -0.3 is 4.57 Å². The van der Waals surface area contributed by atoms with Gasteiger partial charge in [0.15, 0.2) is 17.5 Å². The lowest BCUT2D eigenvalue weighted by atomic mass is 9.82. The molecule has 0 atom stereocenters. The highest BCUT2D eigenvalue weighted by atomic mass is 15.0. The lowest BCUT2D eigenvalue weighted by Crippen LogP contribution is -2.15. The SMILES string of the molecule is CC1(C)c2ccccc2-c2ccc(-n3c4ccc(-c5ccccc5)cc4c4c(-c5cccc(-c6nc(-c7ccccc7)nc(-c7ccccc7)n6)c5)cccc43)cc21. The summed E-state index contributed by atoms with van der Waals surface area (Å²) in [6.45, 7) is 4.70. The summed E-state index contributed by atoms with van der Waals surface area (Å²) in [7, 11) is 0. The van der Waals surface area contributed by atoms with Crippen LogP contribution in [0.3, 0.4) is 0 Å². The first kappa shape index (κ1) is 33.9. The fraction of sp³-hybridized carbons (Fsp3) is 0.0556. The molecule has 0 spiro atoms. The molecule has 0 N–H and O–H groups in total. The van der Waals surface area contributed by atoms with Crippen LogP contribution in [0.15, 0.2) is 194 Å². The van der Waals surface area contributed by atoms with Crippen molar-refractivity contribution >= 4 is 21.8 Å². The Morgan fingerprint density at radius 2 is 0.914 bits per heavy atom. The van der Waals surface area contributed by atoms with Crippen molar-refractivity contribution in [1.29, 1.82) is 0 Å². The topological polar surface area (TPSA) is 43.6 Å². The fourth-order valence-electron chi connectivity index (χ4n) is 8.99. The van der Waals surface area contributed by atoms with Gasteiger partial charge >= 0.3 is 0 Å². The van der Waals surface area contributed by atoms with Crippen LogP contribution in [-0.2, 0) is 5.41 Å². The molecule has 0 saturated carbocycles. The van der Waals surface area contributed by atoms with Crippen LogP contribution in [0.5, 0.6) is 0 Å². The van der Waals surface area contributed by atoms with Gasteiger partial charge in [0.05, 0.1) is 11.0 Å². The number of rotatable bonds is 6. The van der Waals surface area contributed by atoms with Gasteiger partial charge in [-0.15, -0.1) is 0 Å². The third-order valence-electron chi connectivity index (χ3n) is 11.9. The minimum absolute atomic E-state index is 0.109. The molecule has 0 fully saturated rings. The van der Waals surface area contributed by atoms with Crippen LogP contribution >= 0.6 is 0 Å². The number of hydrogen-bond acceptors (Lipinski definition) is 3. The molecule has 0 bridgehead atoms. The average molecular weight is 743 g/mol. The number of benzene rings is 8. The third-order valence-corrected chi connectivity index (χ3v) is 11.9. The molecule has 10 aromatic rings. The second kappa shape index (κ2) is 13.4. The van der Waals surface area contributed by atoms with Crippen LogP contribution in [0.1, 0.15) is 25.0 Å². The number of fused-ring (bicyclic) bond motifs is 6. The maximum absolute atomic E-state index is 5.06. The summed E-state index contributed by atoms with van der Waals surface area (Å²) in [6, 6.07) is 69.1. The highest BCUT2D eigenvalue weighted by Crippen LogP contribution is 2.50. The van der Waals surface area contributed by atoms with Crippen molar-refractivity contribution in [3.63, 3.8) is 0 Å². The van der Waals surface area contributed by atoms with Crippen LogP contribution in [0, 0.1) is 0 Å². The molecule has 0 aliphatic heterocycles. The normalized spacial score (nSPS) is 12.8. The van der Waals surface area contributed by atoms with Crippen LogP contribution in [0.2, 0.25) is 0 Å². The van der Waals surface area contributed by atoms with Crippen molar-refractivity contribution in [2.24, 2.45) is 0 Å². The van der Waals surface area contributed by atoms with Crippen LogP contribution < -0.4 is 0 Å². The van der Waals surface area contributed by atoms with Crippen LogP contribution in [-0.4, -0.2) is 19.5 Å². The zero-order chi connectivity index (χ0) is 38.8. The van der Waals surface area contributed by atoms with Gasteiger partial charge in [-0.3, -0.25) is 0 Å². The van der Waals surface area contributed by atoms with Gasteiger partial charge in [-0.25, -0.2) is 15.0 Å². The molecule has 0 unspecified atom stereocenters. The van der Waals surface area contributed by atoms with E-state index in [-0.39, 0.29) is 5.41 Å². The second-order valence-corrected chi connectivity index (χ2v) is 15.7. The molecule has 2 aromatic heterocycles. The second-order valence-electron chi connectivity index (χ2n) is 15.7. The van der Waals surface area contributed by atoms with Gasteiger partial charge in [0.1, 0.15) is 0 Å². The molecule has 4 heteroatoms. The highest BCUT2D eigenvalue weighted by Gasteiger charge is 2.35.